The van der Waals surface area contributed by atoms with Crippen molar-refractivity contribution in [1.29, 1.82) is 0 Å². The summed E-state index contributed by atoms with van der Waals surface area (Å²) in [5.41, 5.74) is 0.682. The van der Waals surface area contributed by atoms with Gasteiger partial charge in [0.05, 0.1) is 5.69 Å². The fourth-order valence-corrected chi connectivity index (χ4v) is 2.72. The second-order valence-corrected chi connectivity index (χ2v) is 5.56. The number of amides is 1. The number of hydrogen-bond donors (Lipinski definition) is 1. The number of piperidine rings is 1. The Balaban J connectivity index is 1.99. The average Bonchev–Trinajstić information content (AvgIpc) is 2.84. The lowest BCUT2D eigenvalue weighted by Gasteiger charge is -2.34. The van der Waals surface area contributed by atoms with Crippen molar-refractivity contribution in [1.82, 2.24) is 10.1 Å². The molecule has 1 fully saturated rings. The van der Waals surface area contributed by atoms with Crippen LogP contribution in [0, 0.1) is 18.8 Å². The molecule has 6 heteroatoms. The lowest BCUT2D eigenvalue weighted by atomic mass is 9.84. The quantitative estimate of drug-likeness (QED) is 0.911. The number of carboxylic acid groups (broad SMARTS) is 1. The number of carboxylic acids is 1. The number of nitrogens with zero attached hydrogens (tertiary/aromatic N) is 2. The van der Waals surface area contributed by atoms with E-state index in [1.165, 1.54) is 0 Å². The highest BCUT2D eigenvalue weighted by Crippen LogP contribution is 2.27. The molecule has 2 heterocycles. The topological polar surface area (TPSA) is 83.6 Å². The molecule has 0 saturated carbocycles. The molecule has 6 nitrogen and oxygen atoms in total. The first-order valence-corrected chi connectivity index (χ1v) is 6.91. The van der Waals surface area contributed by atoms with E-state index in [9.17, 15) is 9.59 Å². The van der Waals surface area contributed by atoms with Crippen molar-refractivity contribution in [2.45, 2.75) is 33.1 Å². The normalized spacial score (nSPS) is 20.7. The van der Waals surface area contributed by atoms with Crippen LogP contribution in [0.2, 0.25) is 0 Å². The number of likely N-dealkylation sites (tertiary alicyclic amines) is 1. The van der Waals surface area contributed by atoms with E-state index in [-0.39, 0.29) is 29.9 Å². The Kier molecular flexibility index (Phi) is 4.42. The van der Waals surface area contributed by atoms with Gasteiger partial charge in [-0.1, -0.05) is 12.1 Å². The van der Waals surface area contributed by atoms with Gasteiger partial charge < -0.3 is 14.5 Å². The molecule has 2 rings (SSSR count). The summed E-state index contributed by atoms with van der Waals surface area (Å²) in [4.78, 5) is 24.8. The average molecular weight is 280 g/mol. The third kappa shape index (κ3) is 3.37. The van der Waals surface area contributed by atoms with Crippen LogP contribution < -0.4 is 0 Å². The minimum absolute atomic E-state index is 0.0690. The fourth-order valence-electron chi connectivity index (χ4n) is 2.72. The number of hydrogen-bond acceptors (Lipinski definition) is 4. The number of aliphatic carboxylic acids is 1. The van der Waals surface area contributed by atoms with E-state index in [2.05, 4.69) is 5.16 Å². The predicted octanol–water partition coefficient (Wildman–Crippen LogP) is 1.95. The number of rotatable bonds is 4. The molecule has 1 aliphatic heterocycles. The van der Waals surface area contributed by atoms with E-state index in [1.54, 1.807) is 17.9 Å². The van der Waals surface area contributed by atoms with Crippen molar-refractivity contribution < 1.29 is 19.2 Å². The molecule has 1 N–H and O–H groups in total. The Hall–Kier alpha value is -1.85. The molecule has 0 spiro atoms. The summed E-state index contributed by atoms with van der Waals surface area (Å²) in [5.74, 6) is -0.383. The van der Waals surface area contributed by atoms with Crippen molar-refractivity contribution in [2.75, 3.05) is 13.1 Å². The van der Waals surface area contributed by atoms with Crippen LogP contribution in [0.3, 0.4) is 0 Å². The van der Waals surface area contributed by atoms with Crippen molar-refractivity contribution in [3.05, 3.63) is 17.5 Å². The molecule has 2 unspecified atom stereocenters. The van der Waals surface area contributed by atoms with Gasteiger partial charge in [-0.2, -0.15) is 0 Å². The Labute approximate surface area is 117 Å². The second-order valence-electron chi connectivity index (χ2n) is 5.56. The lowest BCUT2D eigenvalue weighted by Crippen LogP contribution is -2.41. The molecular formula is C14H20N2O4. The molecular weight excluding hydrogens is 260 g/mol. The molecule has 1 amide bonds. The highest BCUT2D eigenvalue weighted by molar-refractivity contribution is 5.91. The van der Waals surface area contributed by atoms with Crippen molar-refractivity contribution in [3.63, 3.8) is 0 Å². The van der Waals surface area contributed by atoms with Crippen molar-refractivity contribution in [2.24, 2.45) is 11.8 Å². The van der Waals surface area contributed by atoms with Crippen LogP contribution in [-0.2, 0) is 4.79 Å². The molecule has 1 aliphatic rings. The van der Waals surface area contributed by atoms with E-state index in [0.29, 0.717) is 18.8 Å². The zero-order chi connectivity index (χ0) is 14.7. The van der Waals surface area contributed by atoms with Gasteiger partial charge in [-0.3, -0.25) is 9.59 Å². The first kappa shape index (κ1) is 14.6. The van der Waals surface area contributed by atoms with Gasteiger partial charge in [-0.15, -0.1) is 0 Å². The monoisotopic (exact) mass is 280 g/mol. The van der Waals surface area contributed by atoms with Gasteiger partial charge >= 0.3 is 5.97 Å². The van der Waals surface area contributed by atoms with E-state index in [4.69, 9.17) is 9.63 Å². The molecule has 0 bridgehead atoms. The summed E-state index contributed by atoms with van der Waals surface area (Å²) in [6.07, 6.45) is 2.01. The minimum Gasteiger partial charge on any atom is -0.481 e. The van der Waals surface area contributed by atoms with Gasteiger partial charge in [0.2, 0.25) is 5.76 Å². The summed E-state index contributed by atoms with van der Waals surface area (Å²) >= 11 is 0. The molecule has 1 aromatic heterocycles. The van der Waals surface area contributed by atoms with E-state index in [0.717, 1.165) is 12.8 Å². The Bertz CT molecular complexity index is 497. The smallest absolute Gasteiger partial charge is 0.303 e. The van der Waals surface area contributed by atoms with E-state index in [1.807, 2.05) is 6.92 Å². The van der Waals surface area contributed by atoms with Crippen molar-refractivity contribution >= 4 is 11.9 Å². The van der Waals surface area contributed by atoms with Crippen LogP contribution in [0.5, 0.6) is 0 Å². The molecule has 0 radical (unpaired) electrons. The number of carbonyl (C=O) groups is 2. The predicted molar refractivity (Wildman–Crippen MR) is 71.3 cm³/mol. The number of carbonyl (C=O) groups excluding carboxylic acids is 1. The molecule has 20 heavy (non-hydrogen) atoms. The third-order valence-electron chi connectivity index (χ3n) is 3.89. The SMILES string of the molecule is Cc1cc(C(=O)N2CCCC(C(C)CC(=O)O)C2)on1. The van der Waals surface area contributed by atoms with E-state index >= 15 is 0 Å². The Morgan fingerprint density at radius 3 is 2.95 bits per heavy atom. The van der Waals surface area contributed by atoms with Gasteiger partial charge in [0, 0.05) is 25.6 Å². The second kappa shape index (κ2) is 6.07. The standard InChI is InChI=1S/C14H20N2O4/c1-9(6-13(17)18)11-4-3-5-16(8-11)14(19)12-7-10(2)15-20-12/h7,9,11H,3-6,8H2,1-2H3,(H,17,18). The maximum atomic E-state index is 12.3. The van der Waals surface area contributed by atoms with Gasteiger partial charge in [0.25, 0.3) is 5.91 Å². The molecule has 0 aromatic carbocycles. The summed E-state index contributed by atoms with van der Waals surface area (Å²) in [7, 11) is 0. The Morgan fingerprint density at radius 1 is 1.60 bits per heavy atom. The number of aryl methyl sites for hydroxylation is 1. The van der Waals surface area contributed by atoms with Gasteiger partial charge in [0.15, 0.2) is 0 Å². The summed E-state index contributed by atoms with van der Waals surface area (Å²) in [6.45, 7) is 4.99. The van der Waals surface area contributed by atoms with Crippen LogP contribution in [0.1, 0.15) is 42.4 Å². The molecule has 1 aromatic rings. The first-order chi connectivity index (χ1) is 9.47. The van der Waals surface area contributed by atoms with Gasteiger partial charge in [-0.05, 0) is 31.6 Å². The molecule has 1 saturated heterocycles. The van der Waals surface area contributed by atoms with Crippen LogP contribution in [0.25, 0.3) is 0 Å². The zero-order valence-corrected chi connectivity index (χ0v) is 11.8. The summed E-state index contributed by atoms with van der Waals surface area (Å²) < 4.78 is 5.00. The van der Waals surface area contributed by atoms with Crippen LogP contribution in [0.4, 0.5) is 0 Å². The Morgan fingerprint density at radius 2 is 2.35 bits per heavy atom. The molecule has 110 valence electrons. The maximum absolute atomic E-state index is 12.3. The first-order valence-electron chi connectivity index (χ1n) is 6.91. The van der Waals surface area contributed by atoms with Gasteiger partial charge in [-0.25, -0.2) is 0 Å². The van der Waals surface area contributed by atoms with Crippen LogP contribution in [0.15, 0.2) is 10.6 Å². The highest BCUT2D eigenvalue weighted by Gasteiger charge is 2.30. The maximum Gasteiger partial charge on any atom is 0.303 e. The number of aromatic nitrogens is 1. The molecule has 2 atom stereocenters. The van der Waals surface area contributed by atoms with Crippen LogP contribution >= 0.6 is 0 Å². The highest BCUT2D eigenvalue weighted by atomic mass is 16.5. The van der Waals surface area contributed by atoms with Gasteiger partial charge in [0.1, 0.15) is 0 Å². The third-order valence-corrected chi connectivity index (χ3v) is 3.89. The summed E-state index contributed by atoms with van der Waals surface area (Å²) in [5, 5.41) is 12.6. The minimum atomic E-state index is -0.785. The lowest BCUT2D eigenvalue weighted by molar-refractivity contribution is -0.138. The van der Waals surface area contributed by atoms with Crippen molar-refractivity contribution in [3.8, 4) is 0 Å². The van der Waals surface area contributed by atoms with Crippen LogP contribution in [-0.4, -0.2) is 40.1 Å². The largest absolute Gasteiger partial charge is 0.481 e. The fraction of sp³-hybridized carbons (Fsp3) is 0.643. The summed E-state index contributed by atoms with van der Waals surface area (Å²) in [6, 6.07) is 1.63. The zero-order valence-electron chi connectivity index (χ0n) is 11.8. The molecule has 0 aliphatic carbocycles. The van der Waals surface area contributed by atoms with E-state index < -0.39 is 5.97 Å².